The number of nitrogens with one attached hydrogen (secondary N) is 1. The Morgan fingerprint density at radius 1 is 1.36 bits per heavy atom. The van der Waals surface area contributed by atoms with Crippen molar-refractivity contribution in [2.75, 3.05) is 18.8 Å². The molecule has 7 nitrogen and oxygen atoms in total. The summed E-state index contributed by atoms with van der Waals surface area (Å²) in [4.78, 5) is 0. The van der Waals surface area contributed by atoms with Gasteiger partial charge in [0, 0.05) is 31.0 Å². The third-order valence-electron chi connectivity index (χ3n) is 4.04. The molecule has 0 radical (unpaired) electrons. The van der Waals surface area contributed by atoms with Crippen molar-refractivity contribution >= 4 is 11.8 Å². The van der Waals surface area contributed by atoms with Crippen LogP contribution >= 0.6 is 11.8 Å². The minimum atomic E-state index is 0.515. The fraction of sp³-hybridized carbons (Fsp3) is 0.714. The molecule has 2 aromatic rings. The van der Waals surface area contributed by atoms with Crippen LogP contribution < -0.4 is 5.32 Å². The topological polar surface area (TPSA) is 73.5 Å². The monoisotopic (exact) mass is 321 g/mol. The van der Waals surface area contributed by atoms with Crippen molar-refractivity contribution in [3.8, 4) is 0 Å². The Kier molecular flexibility index (Phi) is 5.09. The molecule has 1 saturated heterocycles. The summed E-state index contributed by atoms with van der Waals surface area (Å²) in [6, 6.07) is 0. The lowest BCUT2D eigenvalue weighted by Crippen LogP contribution is -2.28. The van der Waals surface area contributed by atoms with Crippen LogP contribution in [0, 0.1) is 6.92 Å². The summed E-state index contributed by atoms with van der Waals surface area (Å²) in [6.07, 6.45) is 4.52. The van der Waals surface area contributed by atoms with Crippen LogP contribution in [0.25, 0.3) is 0 Å². The zero-order valence-electron chi connectivity index (χ0n) is 13.2. The maximum absolute atomic E-state index is 4.33. The van der Waals surface area contributed by atoms with Crippen molar-refractivity contribution in [2.24, 2.45) is 0 Å². The lowest BCUT2D eigenvalue weighted by atomic mass is 9.97. The second-order valence-corrected chi connectivity index (χ2v) is 6.63. The van der Waals surface area contributed by atoms with Gasteiger partial charge < -0.3 is 9.88 Å². The van der Waals surface area contributed by atoms with Crippen LogP contribution in [0.3, 0.4) is 0 Å². The molecular formula is C14H23N7S. The molecular weight excluding hydrogens is 298 g/mol. The molecule has 1 atom stereocenters. The quantitative estimate of drug-likeness (QED) is 0.812. The highest BCUT2D eigenvalue weighted by Crippen LogP contribution is 2.21. The molecule has 0 spiro atoms. The van der Waals surface area contributed by atoms with E-state index in [1.807, 2.05) is 11.6 Å². The summed E-state index contributed by atoms with van der Waals surface area (Å²) in [6.45, 7) is 7.99. The fourth-order valence-electron chi connectivity index (χ4n) is 2.78. The molecule has 3 rings (SSSR count). The van der Waals surface area contributed by atoms with Gasteiger partial charge in [-0.15, -0.1) is 15.3 Å². The number of rotatable bonds is 6. The third kappa shape index (κ3) is 3.49. The number of aryl methyl sites for hydroxylation is 2. The largest absolute Gasteiger partial charge is 0.316 e. The maximum atomic E-state index is 4.33. The van der Waals surface area contributed by atoms with E-state index in [1.165, 1.54) is 12.8 Å². The standard InChI is InChI=1S/C14H23N7S/c1-3-21-11(2)16-18-14(21)22-8-7-20-10-13(17-19-20)12-5-4-6-15-9-12/h10,12,15H,3-9H2,1-2H3. The lowest BCUT2D eigenvalue weighted by Gasteiger charge is -2.20. The van der Waals surface area contributed by atoms with Crippen LogP contribution in [-0.2, 0) is 13.1 Å². The van der Waals surface area contributed by atoms with Crippen molar-refractivity contribution in [1.82, 2.24) is 35.1 Å². The summed E-state index contributed by atoms with van der Waals surface area (Å²) in [7, 11) is 0. The molecule has 1 aliphatic heterocycles. The Hall–Kier alpha value is -1.41. The van der Waals surface area contributed by atoms with E-state index in [-0.39, 0.29) is 0 Å². The minimum absolute atomic E-state index is 0.515. The first-order valence-corrected chi connectivity index (χ1v) is 8.90. The van der Waals surface area contributed by atoms with Gasteiger partial charge in [0.15, 0.2) is 5.16 Å². The predicted molar refractivity (Wildman–Crippen MR) is 86.0 cm³/mol. The van der Waals surface area contributed by atoms with Crippen molar-refractivity contribution in [1.29, 1.82) is 0 Å². The zero-order chi connectivity index (χ0) is 15.4. The van der Waals surface area contributed by atoms with E-state index < -0.39 is 0 Å². The van der Waals surface area contributed by atoms with E-state index in [2.05, 4.69) is 43.5 Å². The van der Waals surface area contributed by atoms with Crippen LogP contribution in [0.2, 0.25) is 0 Å². The summed E-state index contributed by atoms with van der Waals surface area (Å²) in [5.41, 5.74) is 1.12. The zero-order valence-corrected chi connectivity index (χ0v) is 14.0. The summed E-state index contributed by atoms with van der Waals surface area (Å²) < 4.78 is 4.07. The highest BCUT2D eigenvalue weighted by molar-refractivity contribution is 7.99. The fourth-order valence-corrected chi connectivity index (χ4v) is 3.75. The van der Waals surface area contributed by atoms with E-state index in [1.54, 1.807) is 11.8 Å². The summed E-state index contributed by atoms with van der Waals surface area (Å²) in [5.74, 6) is 2.41. The average molecular weight is 321 g/mol. The highest BCUT2D eigenvalue weighted by Gasteiger charge is 2.18. The van der Waals surface area contributed by atoms with Gasteiger partial charge in [0.2, 0.25) is 0 Å². The van der Waals surface area contributed by atoms with E-state index in [4.69, 9.17) is 0 Å². The highest BCUT2D eigenvalue weighted by atomic mass is 32.2. The number of nitrogens with zero attached hydrogens (tertiary/aromatic N) is 6. The molecule has 1 unspecified atom stereocenters. The number of hydrogen-bond donors (Lipinski definition) is 1. The average Bonchev–Trinajstić information content (AvgIpc) is 3.15. The number of piperidine rings is 1. The Morgan fingerprint density at radius 2 is 2.27 bits per heavy atom. The molecule has 22 heavy (non-hydrogen) atoms. The first-order chi connectivity index (χ1) is 10.8. The molecule has 0 saturated carbocycles. The molecule has 0 bridgehead atoms. The van der Waals surface area contributed by atoms with Crippen LogP contribution in [0.5, 0.6) is 0 Å². The molecule has 8 heteroatoms. The van der Waals surface area contributed by atoms with E-state index in [0.29, 0.717) is 5.92 Å². The van der Waals surface area contributed by atoms with E-state index in [0.717, 1.165) is 48.6 Å². The van der Waals surface area contributed by atoms with Crippen molar-refractivity contribution in [3.05, 3.63) is 17.7 Å². The van der Waals surface area contributed by atoms with Crippen LogP contribution in [0.4, 0.5) is 0 Å². The molecule has 1 aliphatic rings. The molecule has 0 aliphatic carbocycles. The van der Waals surface area contributed by atoms with Gasteiger partial charge in [-0.25, -0.2) is 0 Å². The molecule has 0 amide bonds. The molecule has 1 fully saturated rings. The normalized spacial score (nSPS) is 18.7. The van der Waals surface area contributed by atoms with Gasteiger partial charge in [-0.05, 0) is 33.2 Å². The second kappa shape index (κ2) is 7.23. The van der Waals surface area contributed by atoms with E-state index >= 15 is 0 Å². The number of thioether (sulfide) groups is 1. The Morgan fingerprint density at radius 3 is 3.05 bits per heavy atom. The molecule has 0 aromatic carbocycles. The van der Waals surface area contributed by atoms with Crippen molar-refractivity contribution in [2.45, 2.75) is 50.9 Å². The SMILES string of the molecule is CCn1c(C)nnc1SCCn1cc(C2CCCNC2)nn1. The van der Waals surface area contributed by atoms with Gasteiger partial charge in [0.05, 0.1) is 12.2 Å². The first-order valence-electron chi connectivity index (χ1n) is 7.91. The Labute approximate surface area is 134 Å². The first kappa shape index (κ1) is 15.5. The van der Waals surface area contributed by atoms with Crippen molar-refractivity contribution in [3.63, 3.8) is 0 Å². The minimum Gasteiger partial charge on any atom is -0.316 e. The van der Waals surface area contributed by atoms with Gasteiger partial charge in [-0.2, -0.15) is 0 Å². The second-order valence-electron chi connectivity index (χ2n) is 5.57. The smallest absolute Gasteiger partial charge is 0.191 e. The molecule has 1 N–H and O–H groups in total. The van der Waals surface area contributed by atoms with Crippen LogP contribution in [0.15, 0.2) is 11.4 Å². The lowest BCUT2D eigenvalue weighted by molar-refractivity contribution is 0.454. The summed E-state index contributed by atoms with van der Waals surface area (Å²) >= 11 is 1.72. The van der Waals surface area contributed by atoms with Gasteiger partial charge in [-0.1, -0.05) is 17.0 Å². The van der Waals surface area contributed by atoms with Gasteiger partial charge in [0.1, 0.15) is 5.82 Å². The Balaban J connectivity index is 1.52. The van der Waals surface area contributed by atoms with Crippen molar-refractivity contribution < 1.29 is 0 Å². The number of hydrogen-bond acceptors (Lipinski definition) is 6. The van der Waals surface area contributed by atoms with Crippen LogP contribution in [-0.4, -0.2) is 48.6 Å². The Bertz CT molecular complexity index is 600. The van der Waals surface area contributed by atoms with Gasteiger partial charge in [0.25, 0.3) is 0 Å². The van der Waals surface area contributed by atoms with Gasteiger partial charge in [-0.3, -0.25) is 4.68 Å². The van der Waals surface area contributed by atoms with E-state index in [9.17, 15) is 0 Å². The predicted octanol–water partition coefficient (Wildman–Crippen LogP) is 1.46. The summed E-state index contributed by atoms with van der Waals surface area (Å²) in [5, 5.41) is 21.3. The third-order valence-corrected chi connectivity index (χ3v) is 4.99. The molecule has 2 aromatic heterocycles. The van der Waals surface area contributed by atoms with Gasteiger partial charge >= 0.3 is 0 Å². The molecule has 120 valence electrons. The number of aromatic nitrogens is 6. The van der Waals surface area contributed by atoms with Crippen LogP contribution in [0.1, 0.15) is 37.2 Å². The molecule has 3 heterocycles. The maximum Gasteiger partial charge on any atom is 0.191 e.